The smallest absolute Gasteiger partial charge is 0.129 e. The van der Waals surface area contributed by atoms with Crippen LogP contribution in [0.5, 0.6) is 0 Å². The van der Waals surface area contributed by atoms with Crippen molar-refractivity contribution in [3.63, 3.8) is 0 Å². The molecule has 1 aromatic heterocycles. The third-order valence-electron chi connectivity index (χ3n) is 3.46. The minimum Gasteiger partial charge on any atom is -0.354 e. The second-order valence-electron chi connectivity index (χ2n) is 4.49. The molecular weight excluding hydrogens is 255 g/mol. The monoisotopic (exact) mass is 272 g/mol. The predicted octanol–water partition coefficient (Wildman–Crippen LogP) is 4.24. The zero-order valence-corrected chi connectivity index (χ0v) is 11.6. The van der Waals surface area contributed by atoms with E-state index in [0.29, 0.717) is 16.9 Å². The fourth-order valence-electron chi connectivity index (χ4n) is 2.55. The molecule has 0 unspecified atom stereocenters. The van der Waals surface area contributed by atoms with Crippen LogP contribution in [0.3, 0.4) is 0 Å². The predicted molar refractivity (Wildman–Crippen MR) is 74.1 cm³/mol. The van der Waals surface area contributed by atoms with Gasteiger partial charge in [-0.1, -0.05) is 24.4 Å². The van der Waals surface area contributed by atoms with Gasteiger partial charge in [-0.15, -0.1) is 11.6 Å². The molecule has 2 rings (SSSR count). The quantitative estimate of drug-likeness (QED) is 0.763. The highest BCUT2D eigenvalue weighted by Crippen LogP contribution is 2.29. The summed E-state index contributed by atoms with van der Waals surface area (Å²) in [5.74, 6) is 1.45. The van der Waals surface area contributed by atoms with Crippen LogP contribution in [-0.4, -0.2) is 17.6 Å². The van der Waals surface area contributed by atoms with Crippen LogP contribution < -0.4 is 4.90 Å². The largest absolute Gasteiger partial charge is 0.354 e. The summed E-state index contributed by atoms with van der Waals surface area (Å²) in [6.07, 6.45) is 6.92. The molecule has 2 nitrogen and oxygen atoms in total. The molecule has 1 aliphatic rings. The van der Waals surface area contributed by atoms with Crippen molar-refractivity contribution in [2.75, 3.05) is 11.4 Å². The Morgan fingerprint density at radius 1 is 1.41 bits per heavy atom. The van der Waals surface area contributed by atoms with Gasteiger partial charge in [-0.3, -0.25) is 0 Å². The van der Waals surface area contributed by atoms with Crippen LogP contribution in [0.25, 0.3) is 0 Å². The van der Waals surface area contributed by atoms with E-state index in [2.05, 4.69) is 16.8 Å². The Morgan fingerprint density at radius 2 is 2.12 bits per heavy atom. The number of nitrogens with zero attached hydrogens (tertiary/aromatic N) is 2. The van der Waals surface area contributed by atoms with Crippen molar-refractivity contribution >= 4 is 29.0 Å². The van der Waals surface area contributed by atoms with E-state index in [0.717, 1.165) is 17.9 Å². The topological polar surface area (TPSA) is 16.1 Å². The Kier molecular flexibility index (Phi) is 4.52. The molecule has 0 atom stereocenters. The molecule has 1 saturated carbocycles. The maximum absolute atomic E-state index is 6.04. The van der Waals surface area contributed by atoms with Gasteiger partial charge in [0.15, 0.2) is 0 Å². The van der Waals surface area contributed by atoms with Crippen molar-refractivity contribution in [1.82, 2.24) is 4.98 Å². The van der Waals surface area contributed by atoms with Gasteiger partial charge in [0, 0.05) is 24.7 Å². The van der Waals surface area contributed by atoms with Crippen molar-refractivity contribution in [2.45, 2.75) is 44.5 Å². The minimum absolute atomic E-state index is 0.441. The molecule has 0 aromatic carbocycles. The summed E-state index contributed by atoms with van der Waals surface area (Å²) >= 11 is 11.9. The van der Waals surface area contributed by atoms with E-state index in [4.69, 9.17) is 23.2 Å². The molecule has 0 aliphatic heterocycles. The van der Waals surface area contributed by atoms with Gasteiger partial charge in [0.25, 0.3) is 0 Å². The zero-order chi connectivity index (χ0) is 12.3. The second kappa shape index (κ2) is 5.92. The molecule has 0 radical (unpaired) electrons. The highest BCUT2D eigenvalue weighted by atomic mass is 35.5. The standard InChI is InChI=1S/C13H18Cl2N2/c1-2-17(11-5-3-4-6-11)13-7-10(8-14)12(15)9-16-13/h7,9,11H,2-6,8H2,1H3. The number of pyridine rings is 1. The molecular formula is C13H18Cl2N2. The van der Waals surface area contributed by atoms with Gasteiger partial charge in [-0.2, -0.15) is 0 Å². The van der Waals surface area contributed by atoms with Crippen LogP contribution in [0.2, 0.25) is 5.02 Å². The third kappa shape index (κ3) is 2.86. The highest BCUT2D eigenvalue weighted by Gasteiger charge is 2.22. The van der Waals surface area contributed by atoms with E-state index in [9.17, 15) is 0 Å². The van der Waals surface area contributed by atoms with Crippen LogP contribution >= 0.6 is 23.2 Å². The van der Waals surface area contributed by atoms with Gasteiger partial charge in [0.1, 0.15) is 5.82 Å². The minimum atomic E-state index is 0.441. The second-order valence-corrected chi connectivity index (χ2v) is 5.17. The summed E-state index contributed by atoms with van der Waals surface area (Å²) < 4.78 is 0. The lowest BCUT2D eigenvalue weighted by Gasteiger charge is -2.29. The number of anilines is 1. The van der Waals surface area contributed by atoms with E-state index < -0.39 is 0 Å². The Balaban J connectivity index is 2.23. The van der Waals surface area contributed by atoms with Crippen molar-refractivity contribution < 1.29 is 0 Å². The normalized spacial score (nSPS) is 16.4. The molecule has 1 heterocycles. The maximum atomic E-state index is 6.04. The lowest BCUT2D eigenvalue weighted by atomic mass is 10.2. The number of alkyl halides is 1. The summed E-state index contributed by atoms with van der Waals surface area (Å²) in [6, 6.07) is 2.66. The van der Waals surface area contributed by atoms with Gasteiger partial charge in [0.2, 0.25) is 0 Å². The van der Waals surface area contributed by atoms with Crippen LogP contribution in [0.1, 0.15) is 38.2 Å². The van der Waals surface area contributed by atoms with E-state index in [1.54, 1.807) is 6.20 Å². The molecule has 1 fully saturated rings. The fraction of sp³-hybridized carbons (Fsp3) is 0.615. The van der Waals surface area contributed by atoms with Crippen molar-refractivity contribution in [2.24, 2.45) is 0 Å². The molecule has 0 amide bonds. The Morgan fingerprint density at radius 3 is 2.71 bits per heavy atom. The van der Waals surface area contributed by atoms with Crippen molar-refractivity contribution in [3.8, 4) is 0 Å². The number of rotatable bonds is 4. The lowest BCUT2D eigenvalue weighted by Crippen LogP contribution is -2.33. The molecule has 17 heavy (non-hydrogen) atoms. The fourth-order valence-corrected chi connectivity index (χ4v) is 3.01. The number of hydrogen-bond acceptors (Lipinski definition) is 2. The van der Waals surface area contributed by atoms with Crippen LogP contribution in [0, 0.1) is 0 Å². The van der Waals surface area contributed by atoms with E-state index in [1.165, 1.54) is 25.7 Å². The molecule has 0 N–H and O–H groups in total. The molecule has 1 aromatic rings. The van der Waals surface area contributed by atoms with Gasteiger partial charge >= 0.3 is 0 Å². The first kappa shape index (κ1) is 13.0. The molecule has 0 saturated heterocycles. The van der Waals surface area contributed by atoms with Crippen molar-refractivity contribution in [3.05, 3.63) is 22.8 Å². The summed E-state index contributed by atoms with van der Waals surface area (Å²) in [7, 11) is 0. The van der Waals surface area contributed by atoms with Gasteiger partial charge < -0.3 is 4.90 Å². The Bertz CT molecular complexity index is 376. The first-order valence-corrected chi connectivity index (χ1v) is 7.14. The van der Waals surface area contributed by atoms with Gasteiger partial charge in [0.05, 0.1) is 5.02 Å². The van der Waals surface area contributed by atoms with Crippen molar-refractivity contribution in [1.29, 1.82) is 0 Å². The molecule has 1 aliphatic carbocycles. The molecule has 0 bridgehead atoms. The van der Waals surface area contributed by atoms with Crippen LogP contribution in [0.4, 0.5) is 5.82 Å². The van der Waals surface area contributed by atoms with E-state index in [1.807, 2.05) is 6.07 Å². The average molecular weight is 273 g/mol. The number of halogens is 2. The van der Waals surface area contributed by atoms with Gasteiger partial charge in [-0.25, -0.2) is 4.98 Å². The molecule has 0 spiro atoms. The van der Waals surface area contributed by atoms with E-state index >= 15 is 0 Å². The van der Waals surface area contributed by atoms with Crippen LogP contribution in [-0.2, 0) is 5.88 Å². The van der Waals surface area contributed by atoms with E-state index in [-0.39, 0.29) is 0 Å². The maximum Gasteiger partial charge on any atom is 0.129 e. The summed E-state index contributed by atoms with van der Waals surface area (Å²) in [5.41, 5.74) is 0.967. The van der Waals surface area contributed by atoms with Gasteiger partial charge in [-0.05, 0) is 31.4 Å². The first-order chi connectivity index (χ1) is 8.26. The lowest BCUT2D eigenvalue weighted by molar-refractivity contribution is 0.613. The molecule has 4 heteroatoms. The SMILES string of the molecule is CCN(c1cc(CCl)c(Cl)cn1)C1CCCC1. The number of hydrogen-bond donors (Lipinski definition) is 0. The third-order valence-corrected chi connectivity index (χ3v) is 4.09. The zero-order valence-electron chi connectivity index (χ0n) is 10.1. The summed E-state index contributed by atoms with van der Waals surface area (Å²) in [6.45, 7) is 3.16. The Hall–Kier alpha value is -0.470. The molecule has 94 valence electrons. The average Bonchev–Trinajstić information content (AvgIpc) is 2.86. The first-order valence-electron chi connectivity index (χ1n) is 6.23. The highest BCUT2D eigenvalue weighted by molar-refractivity contribution is 6.32. The Labute approximate surface area is 113 Å². The summed E-state index contributed by atoms with van der Waals surface area (Å²) in [4.78, 5) is 6.81. The summed E-state index contributed by atoms with van der Waals surface area (Å²) in [5, 5.41) is 0.659. The van der Waals surface area contributed by atoms with Crippen LogP contribution in [0.15, 0.2) is 12.3 Å². The number of aromatic nitrogens is 1.